The minimum Gasteiger partial charge on any atom is -0.478 e. The summed E-state index contributed by atoms with van der Waals surface area (Å²) in [6.07, 6.45) is 3.28. The van der Waals surface area contributed by atoms with Crippen LogP contribution in [-0.2, 0) is 9.59 Å². The summed E-state index contributed by atoms with van der Waals surface area (Å²) in [7, 11) is 0. The highest BCUT2D eigenvalue weighted by Crippen LogP contribution is 2.34. The molecule has 0 radical (unpaired) electrons. The van der Waals surface area contributed by atoms with Crippen molar-refractivity contribution in [2.75, 3.05) is 11.9 Å². The molecule has 7 heteroatoms. The Morgan fingerprint density at radius 2 is 2.05 bits per heavy atom. The maximum atomic E-state index is 12.4. The van der Waals surface area contributed by atoms with E-state index in [1.807, 2.05) is 0 Å². The zero-order valence-electron chi connectivity index (χ0n) is 11.4. The van der Waals surface area contributed by atoms with Gasteiger partial charge < -0.3 is 15.3 Å². The van der Waals surface area contributed by atoms with Crippen LogP contribution >= 0.6 is 11.3 Å². The second kappa shape index (κ2) is 5.48. The van der Waals surface area contributed by atoms with E-state index in [4.69, 9.17) is 5.11 Å². The molecule has 1 saturated carbocycles. The molecule has 6 nitrogen and oxygen atoms in total. The van der Waals surface area contributed by atoms with Crippen molar-refractivity contribution in [2.24, 2.45) is 5.92 Å². The molecule has 1 aromatic rings. The van der Waals surface area contributed by atoms with Gasteiger partial charge in [-0.05, 0) is 37.1 Å². The molecule has 1 saturated heterocycles. The first-order valence-corrected chi connectivity index (χ1v) is 7.88. The summed E-state index contributed by atoms with van der Waals surface area (Å²) in [4.78, 5) is 37.2. The zero-order valence-corrected chi connectivity index (χ0v) is 12.2. The molecule has 3 rings (SSSR count). The Kier molecular flexibility index (Phi) is 3.67. The highest BCUT2D eigenvalue weighted by atomic mass is 32.1. The van der Waals surface area contributed by atoms with E-state index in [9.17, 15) is 14.4 Å². The van der Waals surface area contributed by atoms with E-state index >= 15 is 0 Å². The lowest BCUT2D eigenvalue weighted by Crippen LogP contribution is -2.43. The van der Waals surface area contributed by atoms with Crippen molar-refractivity contribution in [3.05, 3.63) is 17.0 Å². The van der Waals surface area contributed by atoms with Gasteiger partial charge in [-0.1, -0.05) is 0 Å². The minimum atomic E-state index is -1.07. The summed E-state index contributed by atoms with van der Waals surface area (Å²) in [5, 5.41) is 13.7. The largest absolute Gasteiger partial charge is 0.478 e. The predicted molar refractivity (Wildman–Crippen MR) is 77.4 cm³/mol. The second-order valence-corrected chi connectivity index (χ2v) is 6.34. The number of hydrogen-bond donors (Lipinski definition) is 2. The number of carbonyl (C=O) groups excluding carboxylic acids is 2. The number of nitrogens with one attached hydrogen (secondary N) is 1. The van der Waals surface area contributed by atoms with E-state index in [2.05, 4.69) is 5.32 Å². The average Bonchev–Trinajstić information content (AvgIpc) is 3.00. The van der Waals surface area contributed by atoms with Crippen LogP contribution in [0, 0.1) is 5.92 Å². The molecule has 0 bridgehead atoms. The van der Waals surface area contributed by atoms with Gasteiger partial charge in [-0.2, -0.15) is 0 Å². The lowest BCUT2D eigenvalue weighted by Gasteiger charge is -2.23. The normalized spacial score (nSPS) is 21.3. The summed E-state index contributed by atoms with van der Waals surface area (Å²) in [5.74, 6) is -1.19. The fourth-order valence-electron chi connectivity index (χ4n) is 2.64. The van der Waals surface area contributed by atoms with Crippen molar-refractivity contribution in [1.29, 1.82) is 0 Å². The number of hydrogen-bond acceptors (Lipinski definition) is 4. The standard InChI is InChI=1S/C14H16N2O4S/c17-11(15-12-9(14(19)20)5-7-21-12)10-2-1-6-16(10)13(18)8-3-4-8/h5,7-8,10H,1-4,6H2,(H,15,17)(H,19,20). The molecule has 1 unspecified atom stereocenters. The monoisotopic (exact) mass is 308 g/mol. The highest BCUT2D eigenvalue weighted by Gasteiger charge is 2.41. The maximum Gasteiger partial charge on any atom is 0.338 e. The lowest BCUT2D eigenvalue weighted by molar-refractivity contribution is -0.137. The maximum absolute atomic E-state index is 12.4. The van der Waals surface area contributed by atoms with Crippen molar-refractivity contribution >= 4 is 34.1 Å². The molecule has 21 heavy (non-hydrogen) atoms. The number of rotatable bonds is 4. The SMILES string of the molecule is O=C(O)c1ccsc1NC(=O)C1CCCN1C(=O)C1CC1. The van der Waals surface area contributed by atoms with Gasteiger partial charge in [0.05, 0.1) is 5.56 Å². The van der Waals surface area contributed by atoms with Crippen molar-refractivity contribution in [3.8, 4) is 0 Å². The van der Waals surface area contributed by atoms with Gasteiger partial charge in [0.1, 0.15) is 11.0 Å². The summed E-state index contributed by atoms with van der Waals surface area (Å²) in [6.45, 7) is 0.615. The Balaban J connectivity index is 1.70. The van der Waals surface area contributed by atoms with Crippen LogP contribution in [0.3, 0.4) is 0 Å². The predicted octanol–water partition coefficient (Wildman–Crippen LogP) is 1.79. The van der Waals surface area contributed by atoms with Gasteiger partial charge in [-0.15, -0.1) is 11.3 Å². The summed E-state index contributed by atoms with van der Waals surface area (Å²) in [6, 6.07) is 0.992. The Bertz CT molecular complexity index is 594. The van der Waals surface area contributed by atoms with E-state index in [1.165, 1.54) is 17.4 Å². The minimum absolute atomic E-state index is 0.0669. The Morgan fingerprint density at radius 3 is 2.71 bits per heavy atom. The van der Waals surface area contributed by atoms with Gasteiger partial charge in [-0.25, -0.2) is 4.79 Å². The molecule has 2 amide bonds. The van der Waals surface area contributed by atoms with Crippen LogP contribution in [-0.4, -0.2) is 40.4 Å². The number of nitrogens with zero attached hydrogens (tertiary/aromatic N) is 1. The first-order chi connectivity index (χ1) is 10.1. The van der Waals surface area contributed by atoms with Gasteiger partial charge in [-0.3, -0.25) is 9.59 Å². The van der Waals surface area contributed by atoms with Crippen molar-refractivity contribution in [2.45, 2.75) is 31.7 Å². The number of amides is 2. The molecule has 1 aliphatic heterocycles. The fourth-order valence-corrected chi connectivity index (χ4v) is 3.42. The van der Waals surface area contributed by atoms with E-state index in [-0.39, 0.29) is 23.3 Å². The van der Waals surface area contributed by atoms with Crippen LogP contribution in [0.1, 0.15) is 36.0 Å². The van der Waals surface area contributed by atoms with E-state index in [1.54, 1.807) is 10.3 Å². The van der Waals surface area contributed by atoms with Gasteiger partial charge in [0.15, 0.2) is 0 Å². The molecular formula is C14H16N2O4S. The molecule has 2 fully saturated rings. The molecule has 1 atom stereocenters. The third kappa shape index (κ3) is 2.78. The number of carbonyl (C=O) groups is 3. The lowest BCUT2D eigenvalue weighted by atomic mass is 10.2. The third-order valence-electron chi connectivity index (χ3n) is 3.90. The molecule has 2 N–H and O–H groups in total. The number of thiophene rings is 1. The van der Waals surface area contributed by atoms with Crippen LogP contribution in [0.4, 0.5) is 5.00 Å². The Morgan fingerprint density at radius 1 is 1.29 bits per heavy atom. The smallest absolute Gasteiger partial charge is 0.338 e. The third-order valence-corrected chi connectivity index (χ3v) is 4.73. The Hall–Kier alpha value is -1.89. The first-order valence-electron chi connectivity index (χ1n) is 7.00. The zero-order chi connectivity index (χ0) is 15.0. The highest BCUT2D eigenvalue weighted by molar-refractivity contribution is 7.14. The first kappa shape index (κ1) is 14.1. The number of anilines is 1. The number of carboxylic acid groups (broad SMARTS) is 1. The van der Waals surface area contributed by atoms with Crippen molar-refractivity contribution in [1.82, 2.24) is 4.90 Å². The Labute approximate surface area is 125 Å². The molecule has 112 valence electrons. The van der Waals surface area contributed by atoms with Crippen LogP contribution in [0.2, 0.25) is 0 Å². The summed E-state index contributed by atoms with van der Waals surface area (Å²) in [5.41, 5.74) is 0.0893. The summed E-state index contributed by atoms with van der Waals surface area (Å²) >= 11 is 1.18. The van der Waals surface area contributed by atoms with E-state index in [0.717, 1.165) is 19.3 Å². The molecule has 0 aromatic carbocycles. The molecule has 2 heterocycles. The van der Waals surface area contributed by atoms with Gasteiger partial charge in [0.2, 0.25) is 11.8 Å². The molecule has 1 aliphatic carbocycles. The average molecular weight is 308 g/mol. The van der Waals surface area contributed by atoms with Crippen LogP contribution in [0.25, 0.3) is 0 Å². The molecular weight excluding hydrogens is 292 g/mol. The van der Waals surface area contributed by atoms with Gasteiger partial charge >= 0.3 is 5.97 Å². The summed E-state index contributed by atoms with van der Waals surface area (Å²) < 4.78 is 0. The van der Waals surface area contributed by atoms with Gasteiger partial charge in [0.25, 0.3) is 0 Å². The molecule has 0 spiro atoms. The number of likely N-dealkylation sites (tertiary alicyclic amines) is 1. The van der Waals surface area contributed by atoms with Crippen molar-refractivity contribution in [3.63, 3.8) is 0 Å². The molecule has 2 aliphatic rings. The van der Waals surface area contributed by atoms with Crippen LogP contribution < -0.4 is 5.32 Å². The fraction of sp³-hybridized carbons (Fsp3) is 0.500. The number of carboxylic acids is 1. The quantitative estimate of drug-likeness (QED) is 0.887. The van der Waals surface area contributed by atoms with Crippen LogP contribution in [0.15, 0.2) is 11.4 Å². The topological polar surface area (TPSA) is 86.7 Å². The second-order valence-electron chi connectivity index (χ2n) is 5.42. The van der Waals surface area contributed by atoms with E-state index < -0.39 is 12.0 Å². The number of aromatic carboxylic acids is 1. The van der Waals surface area contributed by atoms with E-state index in [0.29, 0.717) is 18.0 Å². The molecule has 1 aromatic heterocycles. The van der Waals surface area contributed by atoms with Crippen LogP contribution in [0.5, 0.6) is 0 Å². The van der Waals surface area contributed by atoms with Gasteiger partial charge in [0, 0.05) is 12.5 Å². The van der Waals surface area contributed by atoms with Crippen molar-refractivity contribution < 1.29 is 19.5 Å².